The van der Waals surface area contributed by atoms with E-state index in [1.807, 2.05) is 0 Å². The molecule has 0 aromatic heterocycles. The van der Waals surface area contributed by atoms with E-state index in [2.05, 4.69) is 16.7 Å². The maximum atomic E-state index is 12.4. The van der Waals surface area contributed by atoms with Crippen LogP contribution < -0.4 is 10.6 Å². The van der Waals surface area contributed by atoms with Crippen molar-refractivity contribution in [2.75, 3.05) is 6.54 Å². The molecule has 1 atom stereocenters. The summed E-state index contributed by atoms with van der Waals surface area (Å²) in [5.41, 5.74) is 1.47. The molecule has 4 heteroatoms. The van der Waals surface area contributed by atoms with Crippen molar-refractivity contribution in [1.29, 1.82) is 0 Å². The fourth-order valence-electron chi connectivity index (χ4n) is 3.50. The summed E-state index contributed by atoms with van der Waals surface area (Å²) < 4.78 is 0. The normalized spacial score (nSPS) is 20.7. The highest BCUT2D eigenvalue weighted by atomic mass is 16.2. The molecule has 2 amide bonds. The maximum Gasteiger partial charge on any atom is 0.242 e. The fraction of sp³-hybridized carbons (Fsp3) is 0.765. The largest absolute Gasteiger partial charge is 0.354 e. The standard InChI is InChI=1S/C17H28N2O2/c1-13(20)19-16(15-9-5-6-10-15)17(21)18-12-11-14-7-3-2-4-8-14/h7,15-16H,2-6,8-12H2,1H3,(H,18,21)(H,19,20). The zero-order valence-corrected chi connectivity index (χ0v) is 13.1. The predicted octanol–water partition coefficient (Wildman–Crippen LogP) is 2.69. The van der Waals surface area contributed by atoms with E-state index in [-0.39, 0.29) is 17.9 Å². The van der Waals surface area contributed by atoms with E-state index in [1.54, 1.807) is 0 Å². The minimum absolute atomic E-state index is 0.00601. The topological polar surface area (TPSA) is 58.2 Å². The Morgan fingerprint density at radius 1 is 1.24 bits per heavy atom. The Balaban J connectivity index is 1.79. The van der Waals surface area contributed by atoms with E-state index >= 15 is 0 Å². The van der Waals surface area contributed by atoms with Gasteiger partial charge in [0.2, 0.25) is 11.8 Å². The van der Waals surface area contributed by atoms with Crippen LogP contribution in [0.4, 0.5) is 0 Å². The van der Waals surface area contributed by atoms with Crippen LogP contribution in [0.15, 0.2) is 11.6 Å². The van der Waals surface area contributed by atoms with Gasteiger partial charge in [0, 0.05) is 13.5 Å². The summed E-state index contributed by atoms with van der Waals surface area (Å²) in [5.74, 6) is 0.188. The average Bonchev–Trinajstić information content (AvgIpc) is 2.99. The minimum Gasteiger partial charge on any atom is -0.354 e. The van der Waals surface area contributed by atoms with Crippen LogP contribution >= 0.6 is 0 Å². The summed E-state index contributed by atoms with van der Waals surface area (Å²) in [7, 11) is 0. The number of rotatable bonds is 6. The first-order valence-corrected chi connectivity index (χ1v) is 8.39. The summed E-state index contributed by atoms with van der Waals surface area (Å²) in [6.07, 6.45) is 12.6. The lowest BCUT2D eigenvalue weighted by Crippen LogP contribution is -2.50. The summed E-state index contributed by atoms with van der Waals surface area (Å²) in [6.45, 7) is 2.18. The van der Waals surface area contributed by atoms with E-state index in [4.69, 9.17) is 0 Å². The minimum atomic E-state index is -0.342. The molecule has 2 aliphatic rings. The second-order valence-electron chi connectivity index (χ2n) is 6.37. The van der Waals surface area contributed by atoms with Crippen LogP contribution in [-0.4, -0.2) is 24.4 Å². The molecule has 0 spiro atoms. The first-order chi connectivity index (χ1) is 10.2. The molecule has 0 aromatic rings. The summed E-state index contributed by atoms with van der Waals surface area (Å²) in [6, 6.07) is -0.342. The Bertz CT molecular complexity index is 398. The molecule has 2 N–H and O–H groups in total. The molecule has 2 aliphatic carbocycles. The molecule has 21 heavy (non-hydrogen) atoms. The number of nitrogens with one attached hydrogen (secondary N) is 2. The number of hydrogen-bond donors (Lipinski definition) is 2. The zero-order chi connectivity index (χ0) is 15.1. The lowest BCUT2D eigenvalue weighted by Gasteiger charge is -2.23. The molecule has 1 unspecified atom stereocenters. The Hall–Kier alpha value is -1.32. The van der Waals surface area contributed by atoms with Gasteiger partial charge in [0.15, 0.2) is 0 Å². The van der Waals surface area contributed by atoms with Crippen molar-refractivity contribution < 1.29 is 9.59 Å². The third kappa shape index (κ3) is 5.18. The second-order valence-corrected chi connectivity index (χ2v) is 6.37. The van der Waals surface area contributed by atoms with Crippen molar-refractivity contribution in [3.05, 3.63) is 11.6 Å². The molecule has 1 fully saturated rings. The molecule has 0 heterocycles. The summed E-state index contributed by atoms with van der Waals surface area (Å²) in [4.78, 5) is 23.7. The first kappa shape index (κ1) is 16.1. The Morgan fingerprint density at radius 3 is 2.62 bits per heavy atom. The highest BCUT2D eigenvalue weighted by Crippen LogP contribution is 2.28. The highest BCUT2D eigenvalue weighted by Gasteiger charge is 2.30. The molecule has 0 aliphatic heterocycles. The second kappa shape index (κ2) is 8.20. The van der Waals surface area contributed by atoms with Gasteiger partial charge >= 0.3 is 0 Å². The highest BCUT2D eigenvalue weighted by molar-refractivity contribution is 5.87. The van der Waals surface area contributed by atoms with Gasteiger partial charge in [0.1, 0.15) is 6.04 Å². The molecule has 1 saturated carbocycles. The van der Waals surface area contributed by atoms with Gasteiger partial charge in [-0.1, -0.05) is 24.5 Å². The van der Waals surface area contributed by atoms with Crippen molar-refractivity contribution in [2.45, 2.75) is 70.8 Å². The summed E-state index contributed by atoms with van der Waals surface area (Å²) >= 11 is 0. The Kier molecular flexibility index (Phi) is 6.27. The quantitative estimate of drug-likeness (QED) is 0.740. The zero-order valence-electron chi connectivity index (χ0n) is 13.1. The molecule has 0 saturated heterocycles. The number of allylic oxidation sites excluding steroid dienone is 1. The number of carbonyl (C=O) groups excluding carboxylic acids is 2. The fourth-order valence-corrected chi connectivity index (χ4v) is 3.50. The van der Waals surface area contributed by atoms with Gasteiger partial charge in [-0.25, -0.2) is 0 Å². The number of amides is 2. The third-order valence-corrected chi connectivity index (χ3v) is 4.64. The van der Waals surface area contributed by atoms with Crippen LogP contribution in [0.3, 0.4) is 0 Å². The SMILES string of the molecule is CC(=O)NC(C(=O)NCCC1=CCCCC1)C1CCCC1. The van der Waals surface area contributed by atoms with Crippen LogP contribution in [0.1, 0.15) is 64.7 Å². The third-order valence-electron chi connectivity index (χ3n) is 4.64. The molecular formula is C17H28N2O2. The maximum absolute atomic E-state index is 12.4. The lowest BCUT2D eigenvalue weighted by molar-refractivity contribution is -0.129. The number of hydrogen-bond acceptors (Lipinski definition) is 2. The van der Waals surface area contributed by atoms with E-state index in [9.17, 15) is 9.59 Å². The number of carbonyl (C=O) groups is 2. The van der Waals surface area contributed by atoms with E-state index in [0.29, 0.717) is 12.5 Å². The van der Waals surface area contributed by atoms with Gasteiger partial charge in [-0.05, 0) is 50.9 Å². The lowest BCUT2D eigenvalue weighted by atomic mass is 9.96. The molecule has 0 bridgehead atoms. The molecule has 118 valence electrons. The average molecular weight is 292 g/mol. The Labute approximate surface area is 127 Å². The first-order valence-electron chi connectivity index (χ1n) is 8.39. The van der Waals surface area contributed by atoms with Crippen LogP contribution in [0.5, 0.6) is 0 Å². The van der Waals surface area contributed by atoms with Gasteiger partial charge in [-0.15, -0.1) is 0 Å². The monoisotopic (exact) mass is 292 g/mol. The smallest absolute Gasteiger partial charge is 0.242 e. The van der Waals surface area contributed by atoms with E-state index < -0.39 is 0 Å². The van der Waals surface area contributed by atoms with Crippen molar-refractivity contribution in [2.24, 2.45) is 5.92 Å². The molecular weight excluding hydrogens is 264 g/mol. The predicted molar refractivity (Wildman–Crippen MR) is 83.7 cm³/mol. The molecule has 0 aromatic carbocycles. The molecule has 4 nitrogen and oxygen atoms in total. The van der Waals surface area contributed by atoms with Gasteiger partial charge in [0.25, 0.3) is 0 Å². The van der Waals surface area contributed by atoms with E-state index in [0.717, 1.165) is 19.3 Å². The van der Waals surface area contributed by atoms with Crippen LogP contribution in [0.25, 0.3) is 0 Å². The summed E-state index contributed by atoms with van der Waals surface area (Å²) in [5, 5.41) is 5.86. The van der Waals surface area contributed by atoms with Gasteiger partial charge < -0.3 is 10.6 Å². The Morgan fingerprint density at radius 2 is 2.00 bits per heavy atom. The van der Waals surface area contributed by atoms with Crippen LogP contribution in [-0.2, 0) is 9.59 Å². The van der Waals surface area contributed by atoms with Gasteiger partial charge in [-0.3, -0.25) is 9.59 Å². The molecule has 2 rings (SSSR count). The van der Waals surface area contributed by atoms with Gasteiger partial charge in [0.05, 0.1) is 0 Å². The molecule has 0 radical (unpaired) electrons. The van der Waals surface area contributed by atoms with E-state index in [1.165, 1.54) is 51.0 Å². The van der Waals surface area contributed by atoms with Crippen molar-refractivity contribution in [3.8, 4) is 0 Å². The van der Waals surface area contributed by atoms with Gasteiger partial charge in [-0.2, -0.15) is 0 Å². The van der Waals surface area contributed by atoms with Crippen molar-refractivity contribution in [3.63, 3.8) is 0 Å². The van der Waals surface area contributed by atoms with Crippen LogP contribution in [0, 0.1) is 5.92 Å². The van der Waals surface area contributed by atoms with Crippen LogP contribution in [0.2, 0.25) is 0 Å². The van der Waals surface area contributed by atoms with Crippen molar-refractivity contribution >= 4 is 11.8 Å². The van der Waals surface area contributed by atoms with Crippen molar-refractivity contribution in [1.82, 2.24) is 10.6 Å².